The number of rotatable bonds is 4. The van der Waals surface area contributed by atoms with E-state index in [1.807, 2.05) is 33.0 Å². The average Bonchev–Trinajstić information content (AvgIpc) is 2.42. The highest BCUT2D eigenvalue weighted by Gasteiger charge is 2.13. The van der Waals surface area contributed by atoms with Crippen LogP contribution in [0, 0.1) is 26.7 Å². The fraction of sp³-hybridized carbons (Fsp3) is 0.438. The minimum absolute atomic E-state index is 0.449. The van der Waals surface area contributed by atoms with E-state index in [4.69, 9.17) is 5.73 Å². The summed E-state index contributed by atoms with van der Waals surface area (Å²) in [4.78, 5) is 13.5. The molecule has 2 aromatic heterocycles. The first-order valence-electron chi connectivity index (χ1n) is 6.98. The summed E-state index contributed by atoms with van der Waals surface area (Å²) in [6.07, 6.45) is 4.55. The maximum absolute atomic E-state index is 5.71. The van der Waals surface area contributed by atoms with E-state index in [9.17, 15) is 0 Å². The second kappa shape index (κ2) is 6.09. The van der Waals surface area contributed by atoms with E-state index in [-0.39, 0.29) is 0 Å². The van der Waals surface area contributed by atoms with Gasteiger partial charge < -0.3 is 5.73 Å². The van der Waals surface area contributed by atoms with Crippen molar-refractivity contribution < 1.29 is 0 Å². The Morgan fingerprint density at radius 3 is 2.35 bits per heavy atom. The molecule has 0 aliphatic carbocycles. The molecule has 2 N–H and O–H groups in total. The minimum Gasteiger partial charge on any atom is -0.330 e. The van der Waals surface area contributed by atoms with Crippen LogP contribution in [0.5, 0.6) is 0 Å². The first kappa shape index (κ1) is 14.6. The smallest absolute Gasteiger partial charge is 0.160 e. The Balaban J connectivity index is 2.43. The molecule has 2 heterocycles. The number of nitrogens with two attached hydrogens (primary N) is 1. The lowest BCUT2D eigenvalue weighted by atomic mass is 9.98. The van der Waals surface area contributed by atoms with Crippen molar-refractivity contribution in [1.82, 2.24) is 15.0 Å². The Labute approximate surface area is 120 Å². The van der Waals surface area contributed by atoms with E-state index in [2.05, 4.69) is 21.9 Å². The van der Waals surface area contributed by atoms with Crippen molar-refractivity contribution in [3.63, 3.8) is 0 Å². The van der Waals surface area contributed by atoms with E-state index >= 15 is 0 Å². The van der Waals surface area contributed by atoms with Gasteiger partial charge in [-0.05, 0) is 56.8 Å². The third-order valence-electron chi connectivity index (χ3n) is 3.64. The molecule has 1 atom stereocenters. The SMILES string of the molecule is Cc1cnccc1-c1nc(C)c(CC(C)CN)c(C)n1. The zero-order valence-corrected chi connectivity index (χ0v) is 12.6. The van der Waals surface area contributed by atoms with Crippen molar-refractivity contribution in [2.75, 3.05) is 6.54 Å². The fourth-order valence-electron chi connectivity index (χ4n) is 2.31. The molecule has 0 aromatic carbocycles. The van der Waals surface area contributed by atoms with Crippen LogP contribution in [0.2, 0.25) is 0 Å². The van der Waals surface area contributed by atoms with Crippen LogP contribution in [-0.2, 0) is 6.42 Å². The topological polar surface area (TPSA) is 64.7 Å². The standard InChI is InChI=1S/C16H22N4/c1-10(8-17)7-15-12(3)19-16(20-13(15)4)14-5-6-18-9-11(14)2/h5-6,9-10H,7-8,17H2,1-4H3. The van der Waals surface area contributed by atoms with Crippen LogP contribution in [0.25, 0.3) is 11.4 Å². The molecule has 0 amide bonds. The van der Waals surface area contributed by atoms with Crippen LogP contribution in [-0.4, -0.2) is 21.5 Å². The first-order chi connectivity index (χ1) is 9.52. The number of aryl methyl sites for hydroxylation is 3. The van der Waals surface area contributed by atoms with Crippen molar-refractivity contribution in [1.29, 1.82) is 0 Å². The summed E-state index contributed by atoms with van der Waals surface area (Å²) in [6, 6.07) is 1.96. The van der Waals surface area contributed by atoms with Crippen LogP contribution in [0.3, 0.4) is 0 Å². The molecule has 0 saturated carbocycles. The summed E-state index contributed by atoms with van der Waals surface area (Å²) in [5.41, 5.74) is 11.2. The summed E-state index contributed by atoms with van der Waals surface area (Å²) in [7, 11) is 0. The monoisotopic (exact) mass is 270 g/mol. The Kier molecular flexibility index (Phi) is 4.45. The summed E-state index contributed by atoms with van der Waals surface area (Å²) < 4.78 is 0. The number of aromatic nitrogens is 3. The molecule has 4 nitrogen and oxygen atoms in total. The predicted molar refractivity (Wildman–Crippen MR) is 81.4 cm³/mol. The molecule has 0 saturated heterocycles. The zero-order chi connectivity index (χ0) is 14.7. The molecule has 4 heteroatoms. The van der Waals surface area contributed by atoms with Gasteiger partial charge in [0.05, 0.1) is 0 Å². The van der Waals surface area contributed by atoms with Crippen molar-refractivity contribution >= 4 is 0 Å². The normalized spacial score (nSPS) is 12.4. The number of nitrogens with zero attached hydrogens (tertiary/aromatic N) is 3. The average molecular weight is 270 g/mol. The molecule has 0 spiro atoms. The summed E-state index contributed by atoms with van der Waals surface area (Å²) in [6.45, 7) is 8.96. The molecule has 1 unspecified atom stereocenters. The van der Waals surface area contributed by atoms with Gasteiger partial charge >= 0.3 is 0 Å². The highest BCUT2D eigenvalue weighted by Crippen LogP contribution is 2.22. The van der Waals surface area contributed by atoms with Crippen molar-refractivity contribution in [2.24, 2.45) is 11.7 Å². The maximum atomic E-state index is 5.71. The van der Waals surface area contributed by atoms with E-state index in [0.29, 0.717) is 12.5 Å². The Bertz CT molecular complexity index is 584. The molecule has 2 rings (SSSR count). The van der Waals surface area contributed by atoms with Crippen molar-refractivity contribution in [3.05, 3.63) is 41.0 Å². The van der Waals surface area contributed by atoms with Crippen LogP contribution >= 0.6 is 0 Å². The van der Waals surface area contributed by atoms with Crippen molar-refractivity contribution in [3.8, 4) is 11.4 Å². The van der Waals surface area contributed by atoms with Gasteiger partial charge in [-0.15, -0.1) is 0 Å². The van der Waals surface area contributed by atoms with Crippen molar-refractivity contribution in [2.45, 2.75) is 34.1 Å². The van der Waals surface area contributed by atoms with E-state index < -0.39 is 0 Å². The Morgan fingerprint density at radius 2 is 1.80 bits per heavy atom. The molecule has 106 valence electrons. The first-order valence-corrected chi connectivity index (χ1v) is 6.98. The molecular formula is C16H22N4. The van der Waals surface area contributed by atoms with Gasteiger partial charge in [-0.25, -0.2) is 9.97 Å². The lowest BCUT2D eigenvalue weighted by molar-refractivity contribution is 0.586. The van der Waals surface area contributed by atoms with Gasteiger partial charge in [-0.3, -0.25) is 4.98 Å². The largest absolute Gasteiger partial charge is 0.330 e. The zero-order valence-electron chi connectivity index (χ0n) is 12.6. The highest BCUT2D eigenvalue weighted by molar-refractivity contribution is 5.59. The number of pyridine rings is 1. The molecule has 20 heavy (non-hydrogen) atoms. The van der Waals surface area contributed by atoms with Gasteiger partial charge in [0.1, 0.15) is 0 Å². The van der Waals surface area contributed by atoms with E-state index in [1.54, 1.807) is 6.20 Å². The lowest BCUT2D eigenvalue weighted by Gasteiger charge is -2.14. The Hall–Kier alpha value is -1.81. The van der Waals surface area contributed by atoms with Gasteiger partial charge in [0.25, 0.3) is 0 Å². The second-order valence-corrected chi connectivity index (χ2v) is 5.43. The summed E-state index contributed by atoms with van der Waals surface area (Å²) in [5, 5.41) is 0. The lowest BCUT2D eigenvalue weighted by Crippen LogP contribution is -2.15. The van der Waals surface area contributed by atoms with Crippen LogP contribution in [0.4, 0.5) is 0 Å². The summed E-state index contributed by atoms with van der Waals surface area (Å²) in [5.74, 6) is 1.23. The van der Waals surface area contributed by atoms with Gasteiger partial charge in [0.15, 0.2) is 5.82 Å². The van der Waals surface area contributed by atoms with Crippen LogP contribution in [0.1, 0.15) is 29.4 Å². The van der Waals surface area contributed by atoms with Gasteiger partial charge in [0.2, 0.25) is 0 Å². The predicted octanol–water partition coefficient (Wildman–Crippen LogP) is 2.60. The molecule has 0 aliphatic rings. The highest BCUT2D eigenvalue weighted by atomic mass is 14.9. The quantitative estimate of drug-likeness (QED) is 0.927. The summed E-state index contributed by atoms with van der Waals surface area (Å²) >= 11 is 0. The minimum atomic E-state index is 0.449. The molecule has 2 aromatic rings. The molecular weight excluding hydrogens is 248 g/mol. The van der Waals surface area contributed by atoms with E-state index in [0.717, 1.165) is 34.8 Å². The van der Waals surface area contributed by atoms with Gasteiger partial charge in [-0.2, -0.15) is 0 Å². The third kappa shape index (κ3) is 3.02. The second-order valence-electron chi connectivity index (χ2n) is 5.43. The molecule has 0 fully saturated rings. The fourth-order valence-corrected chi connectivity index (χ4v) is 2.31. The molecule has 0 radical (unpaired) electrons. The molecule has 0 bridgehead atoms. The van der Waals surface area contributed by atoms with E-state index in [1.165, 1.54) is 5.56 Å². The third-order valence-corrected chi connectivity index (χ3v) is 3.64. The molecule has 0 aliphatic heterocycles. The Morgan fingerprint density at radius 1 is 1.15 bits per heavy atom. The van der Waals surface area contributed by atoms with Crippen LogP contribution in [0.15, 0.2) is 18.5 Å². The number of hydrogen-bond donors (Lipinski definition) is 1. The number of hydrogen-bond acceptors (Lipinski definition) is 4. The van der Waals surface area contributed by atoms with Gasteiger partial charge in [0, 0.05) is 29.3 Å². The van der Waals surface area contributed by atoms with Gasteiger partial charge in [-0.1, -0.05) is 6.92 Å². The maximum Gasteiger partial charge on any atom is 0.160 e. The van der Waals surface area contributed by atoms with Crippen LogP contribution < -0.4 is 5.73 Å².